The summed E-state index contributed by atoms with van der Waals surface area (Å²) in [5, 5.41) is 2.54. The van der Waals surface area contributed by atoms with Crippen LogP contribution in [0.25, 0.3) is 0 Å². The molecule has 0 aromatic heterocycles. The molecule has 1 N–H and O–H groups in total. The van der Waals surface area contributed by atoms with E-state index in [2.05, 4.69) is 113 Å². The summed E-state index contributed by atoms with van der Waals surface area (Å²) < 4.78 is 6.25. The summed E-state index contributed by atoms with van der Waals surface area (Å²) in [6, 6.07) is 13.5. The van der Waals surface area contributed by atoms with Gasteiger partial charge in [0.25, 0.3) is 5.91 Å². The van der Waals surface area contributed by atoms with Gasteiger partial charge in [-0.25, -0.2) is 0 Å². The number of rotatable bonds is 6. The first-order valence-corrected chi connectivity index (χ1v) is 15.6. The number of hydrogen-bond donors (Lipinski definition) is 1. The lowest BCUT2D eigenvalue weighted by Crippen LogP contribution is -2.80. The third-order valence-corrected chi connectivity index (χ3v) is 12.8. The molecule has 1 unspecified atom stereocenters. The Morgan fingerprint density at radius 2 is 1.37 bits per heavy atom. The molecule has 3 amide bonds. The lowest BCUT2D eigenvalue weighted by molar-refractivity contribution is -0.136. The van der Waals surface area contributed by atoms with Gasteiger partial charge in [-0.3, -0.25) is 19.7 Å². The summed E-state index contributed by atoms with van der Waals surface area (Å²) in [5.74, 6) is -0.251. The van der Waals surface area contributed by atoms with Gasteiger partial charge in [-0.1, -0.05) is 40.8 Å². The number of piperidine rings is 2. The fourth-order valence-electron chi connectivity index (χ4n) is 7.86. The fourth-order valence-corrected chi connectivity index (χ4v) is 7.86. The van der Waals surface area contributed by atoms with Crippen LogP contribution in [0.1, 0.15) is 39.9 Å². The van der Waals surface area contributed by atoms with Crippen LogP contribution in [0, 0.1) is 0 Å². The van der Waals surface area contributed by atoms with E-state index >= 15 is 0 Å². The van der Waals surface area contributed by atoms with Gasteiger partial charge in [0.2, 0.25) is 11.8 Å². The number of imide groups is 1. The Balaban J connectivity index is 1.30. The quantitative estimate of drug-likeness (QED) is 0.278. The first-order valence-electron chi connectivity index (χ1n) is 15.6. The topological polar surface area (TPSA) is 79.0 Å². The summed E-state index contributed by atoms with van der Waals surface area (Å²) >= 11 is 0. The maximum Gasteiger partial charge on any atom is 0.255 e. The summed E-state index contributed by atoms with van der Waals surface area (Å²) in [6.45, 7) is 1.52. The number of carbonyl (C=O) groups excluding carboxylic acids is 3. The van der Waals surface area contributed by atoms with Crippen molar-refractivity contribution < 1.29 is 19.1 Å². The minimum atomic E-state index is -0.643. The van der Waals surface area contributed by atoms with E-state index in [-0.39, 0.29) is 44.6 Å². The average molecular weight is 566 g/mol. The minimum Gasteiger partial charge on any atom is -0.489 e. The molecule has 0 saturated carbocycles. The molecule has 17 heteroatoms. The predicted octanol–water partition coefficient (Wildman–Crippen LogP) is -7.17. The normalized spacial score (nSPS) is 25.1. The Morgan fingerprint density at radius 1 is 0.791 bits per heavy atom. The van der Waals surface area contributed by atoms with Gasteiger partial charge in [0, 0.05) is 24.1 Å². The molecule has 0 bridgehead atoms. The van der Waals surface area contributed by atoms with Gasteiger partial charge >= 0.3 is 0 Å². The average Bonchev–Trinajstić information content (AvgIpc) is 3.26. The maximum atomic E-state index is 13.2. The van der Waals surface area contributed by atoms with Crippen molar-refractivity contribution in [2.75, 3.05) is 0 Å². The van der Waals surface area contributed by atoms with E-state index in [1.54, 1.807) is 11.0 Å². The van der Waals surface area contributed by atoms with Crippen LogP contribution in [0.15, 0.2) is 42.5 Å². The van der Waals surface area contributed by atoms with Crippen molar-refractivity contribution in [3.63, 3.8) is 0 Å². The smallest absolute Gasteiger partial charge is 0.255 e. The molecule has 2 fully saturated rings. The molecule has 3 heterocycles. The molecule has 0 radical (unpaired) electrons. The zero-order valence-corrected chi connectivity index (χ0v) is 27.7. The second-order valence-electron chi connectivity index (χ2n) is 15.4. The number of ether oxygens (including phenoxy) is 1. The largest absolute Gasteiger partial charge is 0.489 e. The van der Waals surface area contributed by atoms with E-state index in [4.69, 9.17) is 4.74 Å². The highest BCUT2D eigenvalue weighted by Gasteiger charge is 2.65. The third kappa shape index (κ3) is 4.79. The van der Waals surface area contributed by atoms with Gasteiger partial charge in [-0.2, -0.15) is 0 Å². The Morgan fingerprint density at radius 3 is 1.95 bits per heavy atom. The second-order valence-corrected chi connectivity index (χ2v) is 15.4. The van der Waals surface area contributed by atoms with Crippen LogP contribution in [0.5, 0.6) is 5.75 Å². The van der Waals surface area contributed by atoms with Gasteiger partial charge in [0.1, 0.15) is 49.8 Å². The van der Waals surface area contributed by atoms with Gasteiger partial charge in [0.15, 0.2) is 0 Å². The monoisotopic (exact) mass is 567 g/mol. The molecule has 2 aromatic carbocycles. The molecule has 7 nitrogen and oxygen atoms in total. The molecular formula is C26H39B10N3O4. The fraction of sp³-hybridized carbons (Fsp3) is 0.423. The van der Waals surface area contributed by atoms with Crippen molar-refractivity contribution >= 4 is 96.2 Å². The number of likely N-dealkylation sites (tertiary alicyclic amines) is 1. The number of carbonyl (C=O) groups is 3. The van der Waals surface area contributed by atoms with Crippen LogP contribution in [0.2, 0.25) is 15.6 Å². The number of fused-ring (bicyclic) bond motifs is 1. The zero-order chi connectivity index (χ0) is 31.8. The lowest BCUT2D eigenvalue weighted by Gasteiger charge is -2.77. The number of hydrogen-bond acceptors (Lipinski definition) is 5. The number of nitrogens with one attached hydrogen (secondary N) is 1. The first-order chi connectivity index (χ1) is 19.8. The Kier molecular flexibility index (Phi) is 7.80. The maximum absolute atomic E-state index is 13.2. The highest BCUT2D eigenvalue weighted by atomic mass is 16.5. The molecule has 2 aromatic rings. The van der Waals surface area contributed by atoms with Crippen LogP contribution >= 0.6 is 0 Å². The molecule has 0 aliphatic carbocycles. The van der Waals surface area contributed by atoms with Gasteiger partial charge in [0.05, 0.1) is 53.6 Å². The highest BCUT2D eigenvalue weighted by Crippen LogP contribution is 2.68. The zero-order valence-electron chi connectivity index (χ0n) is 27.7. The van der Waals surface area contributed by atoms with Crippen molar-refractivity contribution in [2.24, 2.45) is 0 Å². The minimum absolute atomic E-state index is 0.0376. The van der Waals surface area contributed by atoms with Crippen LogP contribution in [0.4, 0.5) is 0 Å². The van der Waals surface area contributed by atoms with Crippen molar-refractivity contribution in [3.8, 4) is 5.75 Å². The highest BCUT2D eigenvalue weighted by molar-refractivity contribution is 6.69. The van der Waals surface area contributed by atoms with E-state index < -0.39 is 11.9 Å². The van der Waals surface area contributed by atoms with Gasteiger partial charge in [-0.05, 0) is 40.4 Å². The number of benzene rings is 2. The lowest BCUT2D eigenvalue weighted by atomic mass is 9.05. The molecule has 3 aliphatic rings. The number of nitrogens with zero attached hydrogens (tertiary/aromatic N) is 2. The Labute approximate surface area is 265 Å². The van der Waals surface area contributed by atoms with Crippen molar-refractivity contribution in [3.05, 3.63) is 64.7 Å². The first kappa shape index (κ1) is 31.9. The molecule has 5 rings (SSSR count). The van der Waals surface area contributed by atoms with Crippen LogP contribution in [-0.2, 0) is 29.3 Å². The molecule has 1 atom stereocenters. The van der Waals surface area contributed by atoms with E-state index in [9.17, 15) is 14.4 Å². The van der Waals surface area contributed by atoms with Crippen molar-refractivity contribution in [1.29, 1.82) is 0 Å². The SMILES string of the molecule is BC1(B)N(Cc2ccc(COc3cccc4c3CN(C3CCC(=O)NC3=O)C4=O)cc2)C(B)(B)C(B)(B)C(B)(B)C1(B)B. The third-order valence-electron chi connectivity index (χ3n) is 12.8. The molecule has 0 spiro atoms. The number of amides is 3. The predicted molar refractivity (Wildman–Crippen MR) is 198 cm³/mol. The second kappa shape index (κ2) is 10.5. The Bertz CT molecular complexity index is 1450. The van der Waals surface area contributed by atoms with E-state index in [1.807, 2.05) is 12.1 Å². The van der Waals surface area contributed by atoms with Crippen molar-refractivity contribution in [2.45, 2.75) is 64.9 Å². The van der Waals surface area contributed by atoms with Crippen LogP contribution in [-0.4, -0.2) is 123 Å². The van der Waals surface area contributed by atoms with Crippen LogP contribution in [0.3, 0.4) is 0 Å². The summed E-state index contributed by atoms with van der Waals surface area (Å²) in [4.78, 5) is 41.5. The molecule has 212 valence electrons. The molecule has 3 aliphatic heterocycles. The van der Waals surface area contributed by atoms with Gasteiger partial charge in [-0.15, -0.1) is 5.21 Å². The Hall–Kier alpha value is -2.54. The van der Waals surface area contributed by atoms with E-state index in [0.29, 0.717) is 30.9 Å². The van der Waals surface area contributed by atoms with Crippen molar-refractivity contribution in [1.82, 2.24) is 15.1 Å². The summed E-state index contributed by atoms with van der Waals surface area (Å²) in [5.41, 5.74) is 3.66. The summed E-state index contributed by atoms with van der Waals surface area (Å²) in [6.07, 6.45) is 0.571. The molecule has 2 saturated heterocycles. The van der Waals surface area contributed by atoms with Gasteiger partial charge < -0.3 is 14.5 Å². The summed E-state index contributed by atoms with van der Waals surface area (Å²) in [7, 11) is 24.2. The van der Waals surface area contributed by atoms with E-state index in [1.165, 1.54) is 5.56 Å². The molecule has 43 heavy (non-hydrogen) atoms. The van der Waals surface area contributed by atoms with Crippen LogP contribution < -0.4 is 10.1 Å². The standard InChI is InChI=1S/C26H39B10N3O4/c27-22(28)23(29,30)25(33,34)39(26(35,36)24(22,31)32)10-13-4-6-14(7-5-13)12-43-18-3-1-2-15-16(18)11-38(21(15)42)17-8-9-19(40)37-20(17)41/h1-7,17H,8-12,27-36H2,(H,37,40,41). The molecular weight excluding hydrogens is 526 g/mol. The van der Waals surface area contributed by atoms with E-state index in [0.717, 1.165) is 17.7 Å².